The van der Waals surface area contributed by atoms with E-state index in [0.717, 1.165) is 22.7 Å². The summed E-state index contributed by atoms with van der Waals surface area (Å²) in [5.74, 6) is -1.24. The summed E-state index contributed by atoms with van der Waals surface area (Å²) in [5.41, 5.74) is 0.712. The van der Waals surface area contributed by atoms with Crippen molar-refractivity contribution in [2.45, 2.75) is 0 Å². The minimum absolute atomic E-state index is 0.141. The summed E-state index contributed by atoms with van der Waals surface area (Å²) in [7, 11) is 2.48. The van der Waals surface area contributed by atoms with Gasteiger partial charge in [-0.15, -0.1) is 0 Å². The highest BCUT2D eigenvalue weighted by Gasteiger charge is 2.22. The Labute approximate surface area is 150 Å². The molecular weight excluding hydrogens is 378 g/mol. The van der Waals surface area contributed by atoms with Gasteiger partial charge in [0.1, 0.15) is 14.7 Å². The van der Waals surface area contributed by atoms with Gasteiger partial charge in [0.05, 0.1) is 14.2 Å². The fourth-order valence-electron chi connectivity index (χ4n) is 1.53. The number of nitrogens with zero attached hydrogens (tertiary/aromatic N) is 1. The van der Waals surface area contributed by atoms with Gasteiger partial charge in [-0.05, 0) is 12.1 Å². The molecule has 0 saturated heterocycles. The van der Waals surface area contributed by atoms with Crippen molar-refractivity contribution in [1.82, 2.24) is 0 Å². The molecule has 2 rings (SSSR count). The van der Waals surface area contributed by atoms with E-state index in [1.165, 1.54) is 14.2 Å². The number of esters is 2. The molecule has 0 fully saturated rings. The number of hydrogen-bond acceptors (Lipinski definition) is 7. The summed E-state index contributed by atoms with van der Waals surface area (Å²) in [4.78, 5) is 28.4. The van der Waals surface area contributed by atoms with Crippen LogP contribution in [0.4, 0.5) is 0 Å². The van der Waals surface area contributed by atoms with Gasteiger partial charge in [-0.1, -0.05) is 58.6 Å². The molecule has 0 bridgehead atoms. The Balaban J connectivity index is 2.44. The van der Waals surface area contributed by atoms with E-state index in [1.807, 2.05) is 0 Å². The average molecular weight is 388 g/mol. The van der Waals surface area contributed by atoms with Crippen LogP contribution >= 0.6 is 46.5 Å². The Kier molecular flexibility index (Phi) is 6.00. The Morgan fingerprint density at radius 2 is 1.52 bits per heavy atom. The van der Waals surface area contributed by atoms with E-state index in [0.29, 0.717) is 19.6 Å². The Bertz CT molecular complexity index is 787. The third-order valence-electron chi connectivity index (χ3n) is 2.61. The SMILES string of the molecule is COC(=O)c1sc(=NC(=S)c2ccc(Cl)cc2)sc1C(=O)OC. The molecule has 1 aromatic carbocycles. The topological polar surface area (TPSA) is 65.0 Å². The lowest BCUT2D eigenvalue weighted by Gasteiger charge is -1.97. The van der Waals surface area contributed by atoms with Crippen LogP contribution in [0.15, 0.2) is 29.3 Å². The quantitative estimate of drug-likeness (QED) is 0.597. The highest BCUT2D eigenvalue weighted by Crippen LogP contribution is 2.20. The van der Waals surface area contributed by atoms with Crippen molar-refractivity contribution < 1.29 is 19.1 Å². The van der Waals surface area contributed by atoms with Gasteiger partial charge in [0.15, 0.2) is 3.98 Å². The smallest absolute Gasteiger partial charge is 0.349 e. The zero-order chi connectivity index (χ0) is 17.0. The Morgan fingerprint density at radius 3 is 1.96 bits per heavy atom. The first-order chi connectivity index (χ1) is 11.0. The van der Waals surface area contributed by atoms with Crippen LogP contribution in [0.2, 0.25) is 5.02 Å². The van der Waals surface area contributed by atoms with E-state index in [9.17, 15) is 9.59 Å². The zero-order valence-corrected chi connectivity index (χ0v) is 15.2. The van der Waals surface area contributed by atoms with Crippen molar-refractivity contribution in [3.63, 3.8) is 0 Å². The van der Waals surface area contributed by atoms with Gasteiger partial charge in [0.2, 0.25) is 0 Å². The molecule has 0 amide bonds. The summed E-state index contributed by atoms with van der Waals surface area (Å²) in [6.07, 6.45) is 0. The lowest BCUT2D eigenvalue weighted by atomic mass is 10.2. The van der Waals surface area contributed by atoms with Gasteiger partial charge in [-0.25, -0.2) is 14.6 Å². The minimum Gasteiger partial charge on any atom is -0.465 e. The Hall–Kier alpha value is -1.61. The molecule has 1 aromatic heterocycles. The van der Waals surface area contributed by atoms with E-state index >= 15 is 0 Å². The number of methoxy groups -OCH3 is 2. The van der Waals surface area contributed by atoms with Crippen molar-refractivity contribution in [3.8, 4) is 0 Å². The van der Waals surface area contributed by atoms with E-state index in [1.54, 1.807) is 24.3 Å². The highest BCUT2D eigenvalue weighted by atomic mass is 35.5. The molecule has 120 valence electrons. The maximum absolute atomic E-state index is 11.8. The molecule has 0 unspecified atom stereocenters. The molecule has 0 saturated carbocycles. The number of halogens is 1. The second-order valence-corrected chi connectivity index (χ2v) is 7.11. The molecule has 5 nitrogen and oxygen atoms in total. The van der Waals surface area contributed by atoms with Gasteiger partial charge >= 0.3 is 11.9 Å². The molecule has 9 heteroatoms. The predicted molar refractivity (Wildman–Crippen MR) is 93.6 cm³/mol. The largest absolute Gasteiger partial charge is 0.465 e. The van der Waals surface area contributed by atoms with Gasteiger partial charge in [-0.3, -0.25) is 0 Å². The fourth-order valence-corrected chi connectivity index (χ4v) is 4.22. The van der Waals surface area contributed by atoms with Gasteiger partial charge in [0.25, 0.3) is 0 Å². The standard InChI is InChI=1S/C14H10ClNO4S3/c1-19-12(17)9-10(13(18)20-2)23-14(22-9)16-11(21)7-3-5-8(15)6-4-7/h3-6H,1-2H3. The number of thiocarbonyl (C=S) groups is 1. The Morgan fingerprint density at radius 1 is 1.04 bits per heavy atom. The van der Waals surface area contributed by atoms with Crippen LogP contribution in [0.3, 0.4) is 0 Å². The molecule has 23 heavy (non-hydrogen) atoms. The number of carbonyl (C=O) groups excluding carboxylic acids is 2. The van der Waals surface area contributed by atoms with Crippen LogP contribution in [-0.2, 0) is 9.47 Å². The normalized spacial score (nSPS) is 10.0. The number of benzene rings is 1. The summed E-state index contributed by atoms with van der Waals surface area (Å²) in [6.45, 7) is 0. The van der Waals surface area contributed by atoms with Gasteiger partial charge in [0, 0.05) is 10.6 Å². The van der Waals surface area contributed by atoms with Crippen molar-refractivity contribution >= 4 is 63.4 Å². The minimum atomic E-state index is -0.620. The van der Waals surface area contributed by atoms with Gasteiger partial charge in [-0.2, -0.15) is 0 Å². The van der Waals surface area contributed by atoms with E-state index < -0.39 is 11.9 Å². The molecule has 1 heterocycles. The number of hydrogen-bond donors (Lipinski definition) is 0. The van der Waals surface area contributed by atoms with E-state index in [-0.39, 0.29) is 9.75 Å². The summed E-state index contributed by atoms with van der Waals surface area (Å²) >= 11 is 13.1. The van der Waals surface area contributed by atoms with Crippen LogP contribution in [0, 0.1) is 0 Å². The monoisotopic (exact) mass is 387 g/mol. The van der Waals surface area contributed by atoms with Crippen molar-refractivity contribution in [2.24, 2.45) is 4.99 Å². The van der Waals surface area contributed by atoms with Crippen LogP contribution in [0.25, 0.3) is 0 Å². The molecule has 0 atom stereocenters. The third-order valence-corrected chi connectivity index (χ3v) is 5.50. The lowest BCUT2D eigenvalue weighted by Crippen LogP contribution is -2.07. The molecule has 0 radical (unpaired) electrons. The number of ether oxygens (including phenoxy) is 2. The van der Waals surface area contributed by atoms with Crippen molar-refractivity contribution in [1.29, 1.82) is 0 Å². The second kappa shape index (κ2) is 7.78. The number of rotatable bonds is 3. The molecule has 0 spiro atoms. The molecular formula is C14H10ClNO4S3. The molecule has 0 N–H and O–H groups in total. The van der Waals surface area contributed by atoms with Crippen molar-refractivity contribution in [2.75, 3.05) is 14.2 Å². The van der Waals surface area contributed by atoms with Crippen LogP contribution in [0.5, 0.6) is 0 Å². The maximum Gasteiger partial charge on any atom is 0.349 e. The molecule has 0 aliphatic heterocycles. The second-order valence-electron chi connectivity index (χ2n) is 4.04. The van der Waals surface area contributed by atoms with Crippen LogP contribution in [0.1, 0.15) is 24.9 Å². The highest BCUT2D eigenvalue weighted by molar-refractivity contribution is 7.80. The molecule has 0 aliphatic rings. The first-order valence-electron chi connectivity index (χ1n) is 6.11. The first-order valence-corrected chi connectivity index (χ1v) is 8.53. The zero-order valence-electron chi connectivity index (χ0n) is 12.0. The fraction of sp³-hybridized carbons (Fsp3) is 0.143. The molecule has 0 aliphatic carbocycles. The molecule has 2 aromatic rings. The third kappa shape index (κ3) is 4.23. The maximum atomic E-state index is 11.8. The van der Waals surface area contributed by atoms with Gasteiger partial charge < -0.3 is 9.47 Å². The summed E-state index contributed by atoms with van der Waals surface area (Å²) in [6, 6.07) is 6.90. The van der Waals surface area contributed by atoms with Crippen LogP contribution < -0.4 is 3.98 Å². The van der Waals surface area contributed by atoms with E-state index in [2.05, 4.69) is 14.5 Å². The van der Waals surface area contributed by atoms with E-state index in [4.69, 9.17) is 23.8 Å². The summed E-state index contributed by atoms with van der Waals surface area (Å²) < 4.78 is 9.79. The average Bonchev–Trinajstić information content (AvgIpc) is 2.97. The lowest BCUT2D eigenvalue weighted by molar-refractivity contribution is 0.0564. The predicted octanol–water partition coefficient (Wildman–Crippen LogP) is 3.31. The number of carbonyl (C=O) groups is 2. The first kappa shape index (κ1) is 17.7. The summed E-state index contributed by atoms with van der Waals surface area (Å²) in [5, 5.41) is 0.594. The van der Waals surface area contributed by atoms with Crippen LogP contribution in [-0.4, -0.2) is 31.1 Å². The van der Waals surface area contributed by atoms with Crippen molar-refractivity contribution in [3.05, 3.63) is 48.6 Å².